The molecule has 0 fully saturated rings. The molecule has 1 aliphatic rings. The fourth-order valence-corrected chi connectivity index (χ4v) is 2.20. The summed E-state index contributed by atoms with van der Waals surface area (Å²) in [6.45, 7) is 0. The van der Waals surface area contributed by atoms with Gasteiger partial charge < -0.3 is 4.79 Å². The van der Waals surface area contributed by atoms with Crippen molar-refractivity contribution in [3.63, 3.8) is 0 Å². The van der Waals surface area contributed by atoms with Gasteiger partial charge in [-0.05, 0) is 42.0 Å². The molecule has 1 aromatic carbocycles. The highest BCUT2D eigenvalue weighted by molar-refractivity contribution is 5.71. The number of allylic oxidation sites excluding steroid dienone is 2. The van der Waals surface area contributed by atoms with Gasteiger partial charge in [-0.15, -0.1) is 0 Å². The lowest BCUT2D eigenvalue weighted by Gasteiger charge is -2.12. The van der Waals surface area contributed by atoms with E-state index in [1.54, 1.807) is 0 Å². The molecule has 0 unspecified atom stereocenters. The van der Waals surface area contributed by atoms with Crippen LogP contribution in [0.3, 0.4) is 0 Å². The molecule has 1 nitrogen and oxygen atoms in total. The number of aldehydes is 1. The molecule has 1 aromatic rings. The zero-order valence-corrected chi connectivity index (χ0v) is 8.75. The van der Waals surface area contributed by atoms with E-state index in [-0.39, 0.29) is 5.92 Å². The predicted molar refractivity (Wildman–Crippen MR) is 57.7 cm³/mol. The minimum Gasteiger partial charge on any atom is -0.303 e. The van der Waals surface area contributed by atoms with E-state index in [2.05, 4.69) is 0 Å². The number of benzene rings is 1. The Morgan fingerprint density at radius 3 is 2.56 bits per heavy atom. The molecule has 0 radical (unpaired) electrons. The van der Waals surface area contributed by atoms with Gasteiger partial charge in [-0.2, -0.15) is 0 Å². The molecule has 0 bridgehead atoms. The SMILES string of the molecule is O=CC[C@H]1CCC=C1c1cc(F)cc(F)c1. The smallest absolute Gasteiger partial charge is 0.126 e. The molecule has 0 saturated carbocycles. The van der Waals surface area contributed by atoms with E-state index in [0.717, 1.165) is 30.8 Å². The van der Waals surface area contributed by atoms with Gasteiger partial charge >= 0.3 is 0 Å². The Labute approximate surface area is 92.8 Å². The van der Waals surface area contributed by atoms with E-state index in [1.165, 1.54) is 12.1 Å². The van der Waals surface area contributed by atoms with Gasteiger partial charge in [0.15, 0.2) is 0 Å². The van der Waals surface area contributed by atoms with Crippen molar-refractivity contribution in [2.24, 2.45) is 5.92 Å². The van der Waals surface area contributed by atoms with Crippen molar-refractivity contribution in [2.75, 3.05) is 0 Å². The monoisotopic (exact) mass is 222 g/mol. The first-order valence-corrected chi connectivity index (χ1v) is 5.31. The molecule has 0 aliphatic heterocycles. The number of carbonyl (C=O) groups is 1. The van der Waals surface area contributed by atoms with Gasteiger partial charge in [0.05, 0.1) is 0 Å². The van der Waals surface area contributed by atoms with Crippen LogP contribution in [0, 0.1) is 17.6 Å². The maximum Gasteiger partial charge on any atom is 0.126 e. The maximum absolute atomic E-state index is 13.1. The largest absolute Gasteiger partial charge is 0.303 e. The first-order chi connectivity index (χ1) is 7.70. The second-order valence-corrected chi connectivity index (χ2v) is 3.99. The van der Waals surface area contributed by atoms with Gasteiger partial charge in [0.1, 0.15) is 17.9 Å². The summed E-state index contributed by atoms with van der Waals surface area (Å²) in [6, 6.07) is 3.49. The van der Waals surface area contributed by atoms with Crippen LogP contribution in [0.1, 0.15) is 24.8 Å². The molecule has 2 rings (SSSR count). The minimum atomic E-state index is -0.576. The van der Waals surface area contributed by atoms with Gasteiger partial charge in [0.25, 0.3) is 0 Å². The van der Waals surface area contributed by atoms with E-state index in [0.29, 0.717) is 12.0 Å². The van der Waals surface area contributed by atoms with Crippen molar-refractivity contribution in [3.8, 4) is 0 Å². The van der Waals surface area contributed by atoms with E-state index in [1.807, 2.05) is 6.08 Å². The van der Waals surface area contributed by atoms with Crippen LogP contribution in [0.4, 0.5) is 8.78 Å². The third kappa shape index (κ3) is 2.18. The van der Waals surface area contributed by atoms with Crippen LogP contribution in [0.25, 0.3) is 5.57 Å². The Balaban J connectivity index is 2.32. The average molecular weight is 222 g/mol. The Hall–Kier alpha value is -1.51. The fourth-order valence-electron chi connectivity index (χ4n) is 2.20. The van der Waals surface area contributed by atoms with Crippen molar-refractivity contribution in [1.29, 1.82) is 0 Å². The van der Waals surface area contributed by atoms with Crippen LogP contribution in [0.2, 0.25) is 0 Å². The summed E-state index contributed by atoms with van der Waals surface area (Å²) in [5.74, 6) is -1.04. The average Bonchev–Trinajstić information content (AvgIpc) is 2.65. The van der Waals surface area contributed by atoms with Gasteiger partial charge in [0.2, 0.25) is 0 Å². The Morgan fingerprint density at radius 2 is 1.94 bits per heavy atom. The van der Waals surface area contributed by atoms with Crippen molar-refractivity contribution >= 4 is 11.9 Å². The third-order valence-corrected chi connectivity index (χ3v) is 2.90. The number of hydrogen-bond donors (Lipinski definition) is 0. The molecular formula is C13H12F2O. The van der Waals surface area contributed by atoms with Crippen LogP contribution >= 0.6 is 0 Å². The van der Waals surface area contributed by atoms with Gasteiger partial charge in [-0.25, -0.2) is 8.78 Å². The Morgan fingerprint density at radius 1 is 1.25 bits per heavy atom. The van der Waals surface area contributed by atoms with Crippen molar-refractivity contribution < 1.29 is 13.6 Å². The van der Waals surface area contributed by atoms with Crippen LogP contribution < -0.4 is 0 Å². The molecule has 1 atom stereocenters. The lowest BCUT2D eigenvalue weighted by Crippen LogP contribution is -2.00. The molecule has 84 valence electrons. The fraction of sp³-hybridized carbons (Fsp3) is 0.308. The first kappa shape index (κ1) is 11.0. The standard InChI is InChI=1S/C13H12F2O/c14-11-6-10(7-12(15)8-11)13-3-1-2-9(13)4-5-16/h3,5-9H,1-2,4H2/t9-/m1/s1. The topological polar surface area (TPSA) is 17.1 Å². The highest BCUT2D eigenvalue weighted by atomic mass is 19.1. The number of carbonyl (C=O) groups excluding carboxylic acids is 1. The van der Waals surface area contributed by atoms with E-state index in [9.17, 15) is 13.6 Å². The van der Waals surface area contributed by atoms with E-state index >= 15 is 0 Å². The van der Waals surface area contributed by atoms with Gasteiger partial charge in [0, 0.05) is 12.5 Å². The number of halogens is 2. The predicted octanol–water partition coefficient (Wildman–Crippen LogP) is 3.35. The lowest BCUT2D eigenvalue weighted by atomic mass is 9.92. The summed E-state index contributed by atoms with van der Waals surface area (Å²) < 4.78 is 26.1. The second kappa shape index (κ2) is 4.56. The maximum atomic E-state index is 13.1. The molecule has 0 aromatic heterocycles. The van der Waals surface area contributed by atoms with Crippen molar-refractivity contribution in [1.82, 2.24) is 0 Å². The molecule has 0 N–H and O–H groups in total. The molecule has 1 aliphatic carbocycles. The molecule has 0 spiro atoms. The quantitative estimate of drug-likeness (QED) is 0.717. The van der Waals surface area contributed by atoms with Gasteiger partial charge in [-0.3, -0.25) is 0 Å². The molecule has 0 amide bonds. The Kier molecular flexibility index (Phi) is 3.13. The van der Waals surface area contributed by atoms with Crippen molar-refractivity contribution in [2.45, 2.75) is 19.3 Å². The van der Waals surface area contributed by atoms with Crippen LogP contribution in [-0.4, -0.2) is 6.29 Å². The molecule has 0 saturated heterocycles. The van der Waals surface area contributed by atoms with E-state index in [4.69, 9.17) is 0 Å². The van der Waals surface area contributed by atoms with Crippen molar-refractivity contribution in [3.05, 3.63) is 41.5 Å². The third-order valence-electron chi connectivity index (χ3n) is 2.90. The van der Waals surface area contributed by atoms with Crippen LogP contribution in [0.15, 0.2) is 24.3 Å². The molecule has 3 heteroatoms. The molecular weight excluding hydrogens is 210 g/mol. The first-order valence-electron chi connectivity index (χ1n) is 5.31. The summed E-state index contributed by atoms with van der Waals surface area (Å²) in [5, 5.41) is 0. The van der Waals surface area contributed by atoms with E-state index < -0.39 is 11.6 Å². The second-order valence-electron chi connectivity index (χ2n) is 3.99. The summed E-state index contributed by atoms with van der Waals surface area (Å²) >= 11 is 0. The minimum absolute atomic E-state index is 0.110. The number of rotatable bonds is 3. The molecule has 16 heavy (non-hydrogen) atoms. The molecule has 0 heterocycles. The summed E-state index contributed by atoms with van der Waals surface area (Å²) in [4.78, 5) is 10.5. The van der Waals surface area contributed by atoms with Crippen LogP contribution in [0.5, 0.6) is 0 Å². The van der Waals surface area contributed by atoms with Crippen LogP contribution in [-0.2, 0) is 4.79 Å². The lowest BCUT2D eigenvalue weighted by molar-refractivity contribution is -0.108. The Bertz CT molecular complexity index is 417. The summed E-state index contributed by atoms with van der Waals surface area (Å²) in [6.07, 6.45) is 4.99. The number of hydrogen-bond acceptors (Lipinski definition) is 1. The highest BCUT2D eigenvalue weighted by Gasteiger charge is 2.20. The zero-order valence-electron chi connectivity index (χ0n) is 8.75. The zero-order chi connectivity index (χ0) is 11.5. The summed E-state index contributed by atoms with van der Waals surface area (Å²) in [7, 11) is 0. The van der Waals surface area contributed by atoms with Gasteiger partial charge in [-0.1, -0.05) is 6.08 Å². The summed E-state index contributed by atoms with van der Waals surface area (Å²) in [5.41, 5.74) is 1.45. The normalized spacial score (nSPS) is 19.6. The highest BCUT2D eigenvalue weighted by Crippen LogP contribution is 2.35.